The topological polar surface area (TPSA) is 116 Å². The molecule has 124 valence electrons. The van der Waals surface area contributed by atoms with Crippen LogP contribution in [0, 0.1) is 0 Å². The zero-order chi connectivity index (χ0) is 16.0. The van der Waals surface area contributed by atoms with E-state index < -0.39 is 42.6 Å². The monoisotopic (exact) mass is 306 g/mol. The molecule has 1 aliphatic heterocycles. The molecule has 2 unspecified atom stereocenters. The fraction of sp³-hybridized carbons (Fsp3) is 0.929. The molecule has 0 radical (unpaired) electrons. The van der Waals surface area contributed by atoms with Crippen molar-refractivity contribution in [2.45, 2.75) is 76.2 Å². The number of carbonyl (C=O) groups excluding carboxylic acids is 1. The molecular formula is C14H26O7. The Bertz CT molecular complexity index is 322. The van der Waals surface area contributed by atoms with Crippen LogP contribution in [-0.2, 0) is 14.3 Å². The molecule has 0 saturated carbocycles. The van der Waals surface area contributed by atoms with Crippen LogP contribution in [0.4, 0.5) is 0 Å². The van der Waals surface area contributed by atoms with E-state index in [9.17, 15) is 25.2 Å². The predicted molar refractivity (Wildman–Crippen MR) is 73.5 cm³/mol. The van der Waals surface area contributed by atoms with Gasteiger partial charge in [0.15, 0.2) is 6.10 Å². The summed E-state index contributed by atoms with van der Waals surface area (Å²) in [5.41, 5.74) is 0. The highest BCUT2D eigenvalue weighted by atomic mass is 16.6. The van der Waals surface area contributed by atoms with Crippen LogP contribution in [0.15, 0.2) is 0 Å². The Labute approximate surface area is 124 Å². The first-order valence-electron chi connectivity index (χ1n) is 7.44. The highest BCUT2D eigenvalue weighted by Gasteiger charge is 2.46. The van der Waals surface area contributed by atoms with Crippen molar-refractivity contribution in [2.24, 2.45) is 0 Å². The second kappa shape index (κ2) is 8.65. The summed E-state index contributed by atoms with van der Waals surface area (Å²) in [6.45, 7) is 3.74. The summed E-state index contributed by atoms with van der Waals surface area (Å²) in [7, 11) is 0. The van der Waals surface area contributed by atoms with E-state index >= 15 is 0 Å². The lowest BCUT2D eigenvalue weighted by molar-refractivity contribution is -0.240. The van der Waals surface area contributed by atoms with Crippen LogP contribution in [0.2, 0.25) is 0 Å². The first-order chi connectivity index (χ1) is 9.90. The quantitative estimate of drug-likeness (QED) is 0.364. The van der Waals surface area contributed by atoms with Crippen molar-refractivity contribution in [1.82, 2.24) is 0 Å². The molecule has 1 heterocycles. The lowest BCUT2D eigenvalue weighted by atomic mass is 9.93. The summed E-state index contributed by atoms with van der Waals surface area (Å²) in [4.78, 5) is 11.7. The zero-order valence-corrected chi connectivity index (χ0v) is 12.5. The number of hydrogen-bond donors (Lipinski definition) is 4. The largest absolute Gasteiger partial charge is 0.464 e. The standard InChI is InChI=1S/C14H26O7/c1-3-4-5-6-7-20-14(19)12(18)13-11(17)10(16)9(15)8(2)21-13/h8-13,15-18H,3-7H2,1-2H3/t8-,9-,10+,11+,12?,13?/m0/s1. The first-order valence-corrected chi connectivity index (χ1v) is 7.44. The van der Waals surface area contributed by atoms with Crippen molar-refractivity contribution in [1.29, 1.82) is 0 Å². The number of esters is 1. The van der Waals surface area contributed by atoms with Gasteiger partial charge in [-0.1, -0.05) is 26.2 Å². The number of rotatable bonds is 7. The molecule has 0 aromatic carbocycles. The molecule has 0 bridgehead atoms. The van der Waals surface area contributed by atoms with E-state index in [-0.39, 0.29) is 6.61 Å². The van der Waals surface area contributed by atoms with Gasteiger partial charge in [0, 0.05) is 0 Å². The minimum atomic E-state index is -1.70. The number of aliphatic hydroxyl groups excluding tert-OH is 4. The SMILES string of the molecule is CCCCCCOC(=O)C(O)C1O[C@@H](C)[C@H](O)[C@@H](O)[C@H]1O. The van der Waals surface area contributed by atoms with Gasteiger partial charge in [-0.25, -0.2) is 4.79 Å². The molecule has 0 aromatic heterocycles. The second-order valence-electron chi connectivity index (χ2n) is 5.45. The van der Waals surface area contributed by atoms with Crippen LogP contribution in [-0.4, -0.2) is 69.6 Å². The summed E-state index contributed by atoms with van der Waals surface area (Å²) in [6.07, 6.45) is -4.37. The molecule has 1 saturated heterocycles. The second-order valence-corrected chi connectivity index (χ2v) is 5.45. The van der Waals surface area contributed by atoms with E-state index in [1.165, 1.54) is 6.92 Å². The highest BCUT2D eigenvalue weighted by Crippen LogP contribution is 2.23. The number of hydrogen-bond acceptors (Lipinski definition) is 7. The van der Waals surface area contributed by atoms with Crippen molar-refractivity contribution < 1.29 is 34.7 Å². The summed E-state index contributed by atoms with van der Waals surface area (Å²) in [5, 5.41) is 38.9. The molecule has 21 heavy (non-hydrogen) atoms. The average molecular weight is 306 g/mol. The van der Waals surface area contributed by atoms with Crippen LogP contribution in [0.1, 0.15) is 39.5 Å². The van der Waals surface area contributed by atoms with Gasteiger partial charge in [0.05, 0.1) is 12.7 Å². The predicted octanol–water partition coefficient (Wildman–Crippen LogP) is -0.659. The minimum Gasteiger partial charge on any atom is -0.464 e. The first kappa shape index (κ1) is 18.3. The molecule has 1 rings (SSSR count). The summed E-state index contributed by atoms with van der Waals surface area (Å²) >= 11 is 0. The summed E-state index contributed by atoms with van der Waals surface area (Å²) in [5.74, 6) is -0.897. The Morgan fingerprint density at radius 1 is 1.14 bits per heavy atom. The van der Waals surface area contributed by atoms with Crippen LogP contribution in [0.3, 0.4) is 0 Å². The van der Waals surface area contributed by atoms with Gasteiger partial charge in [0.2, 0.25) is 0 Å². The maximum absolute atomic E-state index is 11.7. The molecule has 7 nitrogen and oxygen atoms in total. The zero-order valence-electron chi connectivity index (χ0n) is 12.5. The number of carbonyl (C=O) groups is 1. The fourth-order valence-corrected chi connectivity index (χ4v) is 2.27. The van der Waals surface area contributed by atoms with E-state index in [0.717, 1.165) is 19.3 Å². The van der Waals surface area contributed by atoms with E-state index in [1.54, 1.807) is 0 Å². The van der Waals surface area contributed by atoms with E-state index in [2.05, 4.69) is 6.92 Å². The van der Waals surface area contributed by atoms with Gasteiger partial charge in [0.25, 0.3) is 0 Å². The smallest absolute Gasteiger partial charge is 0.337 e. The third kappa shape index (κ3) is 4.89. The van der Waals surface area contributed by atoms with Gasteiger partial charge in [-0.15, -0.1) is 0 Å². The molecule has 6 atom stereocenters. The Hall–Kier alpha value is -0.730. The average Bonchev–Trinajstić information content (AvgIpc) is 2.47. The van der Waals surface area contributed by atoms with Crippen molar-refractivity contribution in [3.8, 4) is 0 Å². The molecule has 0 amide bonds. The van der Waals surface area contributed by atoms with Crippen LogP contribution in [0.25, 0.3) is 0 Å². The van der Waals surface area contributed by atoms with Crippen LogP contribution >= 0.6 is 0 Å². The van der Waals surface area contributed by atoms with E-state index in [1.807, 2.05) is 0 Å². The maximum Gasteiger partial charge on any atom is 0.337 e. The van der Waals surface area contributed by atoms with E-state index in [4.69, 9.17) is 9.47 Å². The molecule has 4 N–H and O–H groups in total. The van der Waals surface area contributed by atoms with Gasteiger partial charge >= 0.3 is 5.97 Å². The Morgan fingerprint density at radius 2 is 1.81 bits per heavy atom. The fourth-order valence-electron chi connectivity index (χ4n) is 2.27. The molecule has 1 fully saturated rings. The van der Waals surface area contributed by atoms with Gasteiger partial charge in [-0.05, 0) is 13.3 Å². The van der Waals surface area contributed by atoms with Crippen LogP contribution < -0.4 is 0 Å². The van der Waals surface area contributed by atoms with Gasteiger partial charge in [0.1, 0.15) is 24.4 Å². The lowest BCUT2D eigenvalue weighted by Crippen LogP contribution is -2.61. The number of ether oxygens (including phenoxy) is 2. The third-order valence-electron chi connectivity index (χ3n) is 3.68. The lowest BCUT2D eigenvalue weighted by Gasteiger charge is -2.40. The highest BCUT2D eigenvalue weighted by molar-refractivity contribution is 5.75. The Kier molecular flexibility index (Phi) is 7.55. The van der Waals surface area contributed by atoms with Gasteiger partial charge in [-0.3, -0.25) is 0 Å². The Balaban J connectivity index is 2.45. The maximum atomic E-state index is 11.7. The third-order valence-corrected chi connectivity index (χ3v) is 3.68. The summed E-state index contributed by atoms with van der Waals surface area (Å²) < 4.78 is 10.1. The molecule has 7 heteroatoms. The van der Waals surface area contributed by atoms with Crippen LogP contribution in [0.5, 0.6) is 0 Å². The normalized spacial score (nSPS) is 34.5. The summed E-state index contributed by atoms with van der Waals surface area (Å²) in [6, 6.07) is 0. The molecule has 0 aromatic rings. The molecule has 1 aliphatic rings. The van der Waals surface area contributed by atoms with Crippen molar-refractivity contribution in [3.63, 3.8) is 0 Å². The minimum absolute atomic E-state index is 0.194. The number of unbranched alkanes of at least 4 members (excludes halogenated alkanes) is 3. The van der Waals surface area contributed by atoms with Crippen molar-refractivity contribution in [3.05, 3.63) is 0 Å². The molecule has 0 spiro atoms. The Morgan fingerprint density at radius 3 is 2.43 bits per heavy atom. The molecule has 0 aliphatic carbocycles. The number of aliphatic hydroxyl groups is 4. The van der Waals surface area contributed by atoms with Crippen molar-refractivity contribution >= 4 is 5.97 Å². The van der Waals surface area contributed by atoms with Gasteiger partial charge < -0.3 is 29.9 Å². The van der Waals surface area contributed by atoms with E-state index in [0.29, 0.717) is 6.42 Å². The molecular weight excluding hydrogens is 280 g/mol. The van der Waals surface area contributed by atoms with Crippen molar-refractivity contribution in [2.75, 3.05) is 6.61 Å². The van der Waals surface area contributed by atoms with Gasteiger partial charge in [-0.2, -0.15) is 0 Å².